The van der Waals surface area contributed by atoms with Crippen LogP contribution in [0.25, 0.3) is 0 Å². The molecule has 2 unspecified atom stereocenters. The molecule has 0 radical (unpaired) electrons. The Morgan fingerprint density at radius 1 is 1.50 bits per heavy atom. The van der Waals surface area contributed by atoms with Gasteiger partial charge in [0.1, 0.15) is 0 Å². The van der Waals surface area contributed by atoms with Crippen LogP contribution < -0.4 is 11.1 Å². The second-order valence-electron chi connectivity index (χ2n) is 3.46. The molecule has 1 amide bonds. The van der Waals surface area contributed by atoms with E-state index in [1.165, 1.54) is 0 Å². The fourth-order valence-corrected chi connectivity index (χ4v) is 1.13. The Bertz CT molecular complexity index is 162. The van der Waals surface area contributed by atoms with Gasteiger partial charge >= 0.3 is 0 Å². The van der Waals surface area contributed by atoms with Gasteiger partial charge in [0, 0.05) is 12.6 Å². The number of carbonyl (C=O) groups is 1. The lowest BCUT2D eigenvalue weighted by Gasteiger charge is -2.16. The first-order valence-electron chi connectivity index (χ1n) is 5.25. The molecule has 0 aliphatic heterocycles. The van der Waals surface area contributed by atoms with Crippen molar-refractivity contribution < 1.29 is 9.53 Å². The highest BCUT2D eigenvalue weighted by molar-refractivity contribution is 5.81. The van der Waals surface area contributed by atoms with Gasteiger partial charge < -0.3 is 15.8 Å². The van der Waals surface area contributed by atoms with Crippen molar-refractivity contribution in [3.63, 3.8) is 0 Å². The third kappa shape index (κ3) is 5.94. The highest BCUT2D eigenvalue weighted by atomic mass is 16.5. The highest BCUT2D eigenvalue weighted by Gasteiger charge is 2.14. The van der Waals surface area contributed by atoms with E-state index < -0.39 is 0 Å². The second-order valence-corrected chi connectivity index (χ2v) is 3.46. The average Bonchev–Trinajstić information content (AvgIpc) is 2.15. The summed E-state index contributed by atoms with van der Waals surface area (Å²) in [5.74, 6) is -0.0842. The minimum atomic E-state index is -0.385. The molecule has 0 aromatic rings. The van der Waals surface area contributed by atoms with E-state index in [-0.39, 0.29) is 18.0 Å². The number of ether oxygens (including phenoxy) is 1. The van der Waals surface area contributed by atoms with Crippen molar-refractivity contribution >= 4 is 5.91 Å². The van der Waals surface area contributed by atoms with Crippen LogP contribution in [0.15, 0.2) is 0 Å². The zero-order valence-corrected chi connectivity index (χ0v) is 9.38. The predicted octanol–water partition coefficient (Wildman–Crippen LogP) is 0.655. The molecule has 0 bridgehead atoms. The van der Waals surface area contributed by atoms with Crippen LogP contribution in [-0.2, 0) is 9.53 Å². The number of rotatable bonds is 7. The molecule has 0 fully saturated rings. The van der Waals surface area contributed by atoms with E-state index in [2.05, 4.69) is 5.32 Å². The number of amides is 1. The van der Waals surface area contributed by atoms with Gasteiger partial charge in [-0.3, -0.25) is 4.79 Å². The zero-order chi connectivity index (χ0) is 11.0. The van der Waals surface area contributed by atoms with Gasteiger partial charge in [0.2, 0.25) is 5.91 Å². The summed E-state index contributed by atoms with van der Waals surface area (Å²) in [6.45, 7) is 7.06. The fraction of sp³-hybridized carbons (Fsp3) is 0.900. The summed E-state index contributed by atoms with van der Waals surface area (Å²) in [5, 5.41) is 2.81. The summed E-state index contributed by atoms with van der Waals surface area (Å²) in [6, 6.07) is -0.352. The maximum atomic E-state index is 11.4. The van der Waals surface area contributed by atoms with Crippen LogP contribution in [0.2, 0.25) is 0 Å². The second kappa shape index (κ2) is 7.76. The molecule has 0 aromatic carbocycles. The van der Waals surface area contributed by atoms with Gasteiger partial charge in [-0.15, -0.1) is 0 Å². The molecule has 4 nitrogen and oxygen atoms in total. The Labute approximate surface area is 86.2 Å². The van der Waals surface area contributed by atoms with Crippen molar-refractivity contribution in [2.75, 3.05) is 13.2 Å². The molecule has 14 heavy (non-hydrogen) atoms. The van der Waals surface area contributed by atoms with Crippen molar-refractivity contribution in [1.29, 1.82) is 0 Å². The first-order chi connectivity index (χ1) is 6.61. The summed E-state index contributed by atoms with van der Waals surface area (Å²) >= 11 is 0. The maximum absolute atomic E-state index is 11.4. The molecule has 0 aromatic heterocycles. The molecule has 4 heteroatoms. The zero-order valence-electron chi connectivity index (χ0n) is 9.38. The van der Waals surface area contributed by atoms with E-state index in [1.54, 1.807) is 0 Å². The van der Waals surface area contributed by atoms with Crippen LogP contribution in [0.1, 0.15) is 33.6 Å². The number of nitrogens with two attached hydrogens (primary N) is 1. The van der Waals surface area contributed by atoms with Crippen molar-refractivity contribution in [3.05, 3.63) is 0 Å². The molecule has 2 atom stereocenters. The van der Waals surface area contributed by atoms with Crippen LogP contribution in [0.3, 0.4) is 0 Å². The lowest BCUT2D eigenvalue weighted by molar-refractivity contribution is -0.123. The largest absolute Gasteiger partial charge is 0.380 e. The molecular formula is C10H22N2O2. The summed E-state index contributed by atoms with van der Waals surface area (Å²) < 4.78 is 5.18. The minimum Gasteiger partial charge on any atom is -0.380 e. The van der Waals surface area contributed by atoms with Crippen molar-refractivity contribution in [3.8, 4) is 0 Å². The molecule has 0 spiro atoms. The van der Waals surface area contributed by atoms with E-state index in [1.807, 2.05) is 20.8 Å². The molecule has 0 aliphatic rings. The van der Waals surface area contributed by atoms with E-state index in [0.29, 0.717) is 13.2 Å². The van der Waals surface area contributed by atoms with Crippen LogP contribution in [0.4, 0.5) is 0 Å². The smallest absolute Gasteiger partial charge is 0.237 e. The first kappa shape index (κ1) is 13.4. The Morgan fingerprint density at radius 3 is 2.64 bits per heavy atom. The van der Waals surface area contributed by atoms with E-state index >= 15 is 0 Å². The topological polar surface area (TPSA) is 64.4 Å². The number of nitrogens with one attached hydrogen (secondary N) is 1. The van der Waals surface area contributed by atoms with Crippen LogP contribution in [0, 0.1) is 0 Å². The molecular weight excluding hydrogens is 180 g/mol. The van der Waals surface area contributed by atoms with E-state index in [9.17, 15) is 4.79 Å². The third-order valence-electron chi connectivity index (χ3n) is 1.90. The summed E-state index contributed by atoms with van der Waals surface area (Å²) in [6.07, 6.45) is 1.65. The lowest BCUT2D eigenvalue weighted by Crippen LogP contribution is -2.45. The van der Waals surface area contributed by atoms with Gasteiger partial charge in [-0.2, -0.15) is 0 Å². The van der Waals surface area contributed by atoms with Gasteiger partial charge in [0.15, 0.2) is 0 Å². The molecule has 0 rings (SSSR count). The van der Waals surface area contributed by atoms with Gasteiger partial charge in [-0.1, -0.05) is 13.3 Å². The van der Waals surface area contributed by atoms with Gasteiger partial charge in [-0.25, -0.2) is 0 Å². The normalized spacial score (nSPS) is 14.9. The van der Waals surface area contributed by atoms with Gasteiger partial charge in [-0.05, 0) is 20.3 Å². The molecule has 0 heterocycles. The SMILES string of the molecule is CCCC(N)C(=O)NC(C)COCC. The van der Waals surface area contributed by atoms with Gasteiger partial charge in [0.25, 0.3) is 0 Å². The fourth-order valence-electron chi connectivity index (χ4n) is 1.13. The molecule has 0 saturated carbocycles. The summed E-state index contributed by atoms with van der Waals surface area (Å²) in [7, 11) is 0. The average molecular weight is 202 g/mol. The van der Waals surface area contributed by atoms with Crippen LogP contribution >= 0.6 is 0 Å². The molecule has 3 N–H and O–H groups in total. The minimum absolute atomic E-state index is 0.0327. The predicted molar refractivity (Wildman–Crippen MR) is 57.0 cm³/mol. The molecule has 0 saturated heterocycles. The Hall–Kier alpha value is -0.610. The Balaban J connectivity index is 3.69. The first-order valence-corrected chi connectivity index (χ1v) is 5.25. The lowest BCUT2D eigenvalue weighted by atomic mass is 10.1. The standard InChI is InChI=1S/C10H22N2O2/c1-4-6-9(11)10(13)12-8(3)7-14-5-2/h8-9H,4-7,11H2,1-3H3,(H,12,13). The monoisotopic (exact) mass is 202 g/mol. The molecule has 0 aliphatic carbocycles. The Kier molecular flexibility index (Phi) is 7.42. The quantitative estimate of drug-likeness (QED) is 0.637. The Morgan fingerprint density at radius 2 is 2.14 bits per heavy atom. The summed E-state index contributed by atoms with van der Waals surface area (Å²) in [4.78, 5) is 11.4. The number of hydrogen-bond donors (Lipinski definition) is 2. The van der Waals surface area contributed by atoms with E-state index in [0.717, 1.165) is 12.8 Å². The van der Waals surface area contributed by atoms with Crippen molar-refractivity contribution in [2.24, 2.45) is 5.73 Å². The maximum Gasteiger partial charge on any atom is 0.237 e. The van der Waals surface area contributed by atoms with E-state index in [4.69, 9.17) is 10.5 Å². The van der Waals surface area contributed by atoms with Crippen LogP contribution in [0.5, 0.6) is 0 Å². The van der Waals surface area contributed by atoms with Crippen LogP contribution in [-0.4, -0.2) is 31.2 Å². The van der Waals surface area contributed by atoms with Gasteiger partial charge in [0.05, 0.1) is 12.6 Å². The number of hydrogen-bond acceptors (Lipinski definition) is 3. The summed E-state index contributed by atoms with van der Waals surface area (Å²) in [5.41, 5.74) is 5.65. The van der Waals surface area contributed by atoms with Crippen molar-refractivity contribution in [1.82, 2.24) is 5.32 Å². The molecule has 84 valence electrons. The third-order valence-corrected chi connectivity index (χ3v) is 1.90. The number of carbonyl (C=O) groups excluding carboxylic acids is 1. The van der Waals surface area contributed by atoms with Crippen molar-refractivity contribution in [2.45, 2.75) is 45.7 Å². The highest BCUT2D eigenvalue weighted by Crippen LogP contribution is 1.94.